The van der Waals surface area contributed by atoms with E-state index in [1.54, 1.807) is 19.5 Å². The van der Waals surface area contributed by atoms with Crippen LogP contribution in [-0.4, -0.2) is 45.1 Å². The first kappa shape index (κ1) is 20.3. The Hall–Kier alpha value is -3.65. The van der Waals surface area contributed by atoms with Crippen LogP contribution in [-0.2, 0) is 11.2 Å². The predicted octanol–water partition coefficient (Wildman–Crippen LogP) is 4.02. The van der Waals surface area contributed by atoms with Gasteiger partial charge in [-0.15, -0.1) is 10.2 Å². The van der Waals surface area contributed by atoms with E-state index in [1.807, 2.05) is 64.1 Å². The quantitative estimate of drug-likeness (QED) is 0.419. The van der Waals surface area contributed by atoms with E-state index in [4.69, 9.17) is 4.74 Å². The molecule has 0 saturated carbocycles. The third-order valence-electron chi connectivity index (χ3n) is 5.42. The number of carbonyl (C=O) groups excluding carboxylic acids is 1. The molecule has 0 fully saturated rings. The van der Waals surface area contributed by atoms with Crippen LogP contribution in [0.2, 0.25) is 0 Å². The highest BCUT2D eigenvalue weighted by Crippen LogP contribution is 2.31. The van der Waals surface area contributed by atoms with E-state index in [0.717, 1.165) is 29.1 Å². The van der Waals surface area contributed by atoms with Gasteiger partial charge >= 0.3 is 0 Å². The van der Waals surface area contributed by atoms with Crippen molar-refractivity contribution >= 4 is 23.4 Å². The van der Waals surface area contributed by atoms with Gasteiger partial charge in [-0.1, -0.05) is 30.0 Å². The lowest BCUT2D eigenvalue weighted by atomic mass is 10.2. The van der Waals surface area contributed by atoms with E-state index in [2.05, 4.69) is 21.2 Å². The molecule has 0 bridgehead atoms. The van der Waals surface area contributed by atoms with Gasteiger partial charge in [-0.25, -0.2) is 0 Å². The number of carbonyl (C=O) groups is 1. The molecule has 160 valence electrons. The highest BCUT2D eigenvalue weighted by Gasteiger charge is 2.25. The number of amides is 1. The summed E-state index contributed by atoms with van der Waals surface area (Å²) in [5.41, 5.74) is 4.01. The predicted molar refractivity (Wildman–Crippen MR) is 124 cm³/mol. The molecular weight excluding hydrogens is 422 g/mol. The van der Waals surface area contributed by atoms with Gasteiger partial charge in [-0.05, 0) is 54.4 Å². The van der Waals surface area contributed by atoms with E-state index in [-0.39, 0.29) is 11.7 Å². The Bertz CT molecular complexity index is 1240. The summed E-state index contributed by atoms with van der Waals surface area (Å²) >= 11 is 1.39. The van der Waals surface area contributed by atoms with Crippen molar-refractivity contribution in [2.75, 3.05) is 24.3 Å². The maximum absolute atomic E-state index is 13.0. The fourth-order valence-electron chi connectivity index (χ4n) is 3.82. The Kier molecular flexibility index (Phi) is 5.60. The van der Waals surface area contributed by atoms with Gasteiger partial charge in [0, 0.05) is 35.9 Å². The SMILES string of the molecule is COc1ccc(-n2c(SCC(=O)N3CCc4ccccc43)nnc2-c2ccncc2)cc1. The molecule has 1 aliphatic rings. The molecule has 5 rings (SSSR count). The molecule has 32 heavy (non-hydrogen) atoms. The van der Waals surface area contributed by atoms with Crippen LogP contribution in [0.25, 0.3) is 17.1 Å². The van der Waals surface area contributed by atoms with Crippen molar-refractivity contribution in [3.63, 3.8) is 0 Å². The molecule has 0 N–H and O–H groups in total. The molecule has 7 nitrogen and oxygen atoms in total. The number of rotatable bonds is 6. The zero-order chi connectivity index (χ0) is 21.9. The van der Waals surface area contributed by atoms with Gasteiger partial charge in [0.1, 0.15) is 5.75 Å². The molecule has 2 aromatic carbocycles. The Morgan fingerprint density at radius 3 is 2.59 bits per heavy atom. The number of fused-ring (bicyclic) bond motifs is 1. The van der Waals surface area contributed by atoms with Gasteiger partial charge in [0.05, 0.1) is 12.9 Å². The third kappa shape index (κ3) is 3.85. The number of ether oxygens (including phenoxy) is 1. The largest absolute Gasteiger partial charge is 0.497 e. The fraction of sp³-hybridized carbons (Fsp3) is 0.167. The molecule has 0 aliphatic carbocycles. The van der Waals surface area contributed by atoms with Crippen molar-refractivity contribution in [1.82, 2.24) is 19.7 Å². The normalized spacial score (nSPS) is 12.6. The van der Waals surface area contributed by atoms with Crippen LogP contribution >= 0.6 is 11.8 Å². The Morgan fingerprint density at radius 2 is 1.81 bits per heavy atom. The van der Waals surface area contributed by atoms with Crippen molar-refractivity contribution in [3.8, 4) is 22.8 Å². The van der Waals surface area contributed by atoms with Gasteiger partial charge in [-0.3, -0.25) is 14.3 Å². The molecule has 0 atom stereocenters. The second-order valence-corrected chi connectivity index (χ2v) is 8.23. The second kappa shape index (κ2) is 8.84. The first-order chi connectivity index (χ1) is 15.7. The summed E-state index contributed by atoms with van der Waals surface area (Å²) in [6, 6.07) is 19.6. The molecule has 1 aliphatic heterocycles. The number of thioether (sulfide) groups is 1. The van der Waals surface area contributed by atoms with Crippen LogP contribution in [0.3, 0.4) is 0 Å². The van der Waals surface area contributed by atoms with Crippen molar-refractivity contribution in [1.29, 1.82) is 0 Å². The molecule has 3 heterocycles. The third-order valence-corrected chi connectivity index (χ3v) is 6.33. The minimum absolute atomic E-state index is 0.0645. The molecule has 0 radical (unpaired) electrons. The summed E-state index contributed by atoms with van der Waals surface area (Å²) in [7, 11) is 1.64. The minimum atomic E-state index is 0.0645. The fourth-order valence-corrected chi connectivity index (χ4v) is 4.64. The number of pyridine rings is 1. The summed E-state index contributed by atoms with van der Waals surface area (Å²) in [6.07, 6.45) is 4.34. The first-order valence-corrected chi connectivity index (χ1v) is 11.2. The zero-order valence-electron chi connectivity index (χ0n) is 17.5. The van der Waals surface area contributed by atoms with Crippen molar-refractivity contribution in [3.05, 3.63) is 78.6 Å². The van der Waals surface area contributed by atoms with E-state index in [1.165, 1.54) is 17.3 Å². The molecule has 2 aromatic heterocycles. The van der Waals surface area contributed by atoms with Gasteiger partial charge in [-0.2, -0.15) is 0 Å². The van der Waals surface area contributed by atoms with Crippen molar-refractivity contribution in [2.45, 2.75) is 11.6 Å². The number of para-hydroxylation sites is 1. The zero-order valence-corrected chi connectivity index (χ0v) is 18.3. The lowest BCUT2D eigenvalue weighted by Gasteiger charge is -2.17. The lowest BCUT2D eigenvalue weighted by Crippen LogP contribution is -2.30. The number of anilines is 1. The Balaban J connectivity index is 1.44. The standard InChI is InChI=1S/C24H21N5O2S/c1-31-20-8-6-19(7-9-20)29-23(18-10-13-25-14-11-18)26-27-24(29)32-16-22(30)28-15-12-17-4-2-3-5-21(17)28/h2-11,13-14H,12,15-16H2,1H3. The van der Waals surface area contributed by atoms with Gasteiger partial charge in [0.25, 0.3) is 0 Å². The van der Waals surface area contributed by atoms with E-state index < -0.39 is 0 Å². The summed E-state index contributed by atoms with van der Waals surface area (Å²) in [5.74, 6) is 1.80. The maximum Gasteiger partial charge on any atom is 0.237 e. The molecule has 0 spiro atoms. The highest BCUT2D eigenvalue weighted by molar-refractivity contribution is 7.99. The monoisotopic (exact) mass is 443 g/mol. The molecule has 0 unspecified atom stereocenters. The minimum Gasteiger partial charge on any atom is -0.497 e. The van der Waals surface area contributed by atoms with Crippen LogP contribution in [0.15, 0.2) is 78.2 Å². The molecule has 4 aromatic rings. The maximum atomic E-state index is 13.0. The van der Waals surface area contributed by atoms with Crippen molar-refractivity contribution in [2.24, 2.45) is 0 Å². The summed E-state index contributed by atoms with van der Waals surface area (Å²) < 4.78 is 7.26. The van der Waals surface area contributed by atoms with Crippen LogP contribution in [0, 0.1) is 0 Å². The van der Waals surface area contributed by atoms with Gasteiger partial charge < -0.3 is 9.64 Å². The van der Waals surface area contributed by atoms with Crippen molar-refractivity contribution < 1.29 is 9.53 Å². The average Bonchev–Trinajstić information content (AvgIpc) is 3.48. The van der Waals surface area contributed by atoms with E-state index in [9.17, 15) is 4.79 Å². The van der Waals surface area contributed by atoms with Crippen LogP contribution in [0.5, 0.6) is 5.75 Å². The average molecular weight is 444 g/mol. The topological polar surface area (TPSA) is 73.1 Å². The summed E-state index contributed by atoms with van der Waals surface area (Å²) in [4.78, 5) is 19.0. The number of benzene rings is 2. The molecule has 0 saturated heterocycles. The number of hydrogen-bond donors (Lipinski definition) is 0. The van der Waals surface area contributed by atoms with Gasteiger partial charge in [0.15, 0.2) is 11.0 Å². The van der Waals surface area contributed by atoms with Crippen LogP contribution < -0.4 is 9.64 Å². The molecule has 8 heteroatoms. The number of aromatic nitrogens is 4. The first-order valence-electron chi connectivity index (χ1n) is 10.3. The second-order valence-electron chi connectivity index (χ2n) is 7.29. The summed E-state index contributed by atoms with van der Waals surface area (Å²) in [6.45, 7) is 0.714. The van der Waals surface area contributed by atoms with Crippen LogP contribution in [0.4, 0.5) is 5.69 Å². The smallest absolute Gasteiger partial charge is 0.237 e. The Morgan fingerprint density at radius 1 is 1.03 bits per heavy atom. The number of hydrogen-bond acceptors (Lipinski definition) is 6. The van der Waals surface area contributed by atoms with E-state index in [0.29, 0.717) is 17.5 Å². The lowest BCUT2D eigenvalue weighted by molar-refractivity contribution is -0.116. The van der Waals surface area contributed by atoms with Crippen LogP contribution in [0.1, 0.15) is 5.56 Å². The molecule has 1 amide bonds. The number of methoxy groups -OCH3 is 1. The Labute approximate surface area is 190 Å². The molecular formula is C24H21N5O2S. The van der Waals surface area contributed by atoms with Gasteiger partial charge in [0.2, 0.25) is 5.91 Å². The highest BCUT2D eigenvalue weighted by atomic mass is 32.2. The summed E-state index contributed by atoms with van der Waals surface area (Å²) in [5, 5.41) is 9.49. The van der Waals surface area contributed by atoms with E-state index >= 15 is 0 Å². The number of nitrogens with zero attached hydrogens (tertiary/aromatic N) is 5.